The van der Waals surface area contributed by atoms with E-state index in [9.17, 15) is 4.39 Å². The summed E-state index contributed by atoms with van der Waals surface area (Å²) >= 11 is 0. The average molecular weight is 218 g/mol. The Morgan fingerprint density at radius 3 is 2.62 bits per heavy atom. The molecule has 1 fully saturated rings. The summed E-state index contributed by atoms with van der Waals surface area (Å²) in [5.41, 5.74) is 0.234. The molecule has 1 aromatic rings. The van der Waals surface area contributed by atoms with Crippen LogP contribution in [-0.4, -0.2) is 10.7 Å². The van der Waals surface area contributed by atoms with Crippen molar-refractivity contribution in [2.75, 3.05) is 0 Å². The maximum absolute atomic E-state index is 14.3. The van der Waals surface area contributed by atoms with Gasteiger partial charge >= 0.3 is 0 Å². The third-order valence-corrected chi connectivity index (χ3v) is 3.21. The molecule has 0 saturated heterocycles. The first-order valence-corrected chi connectivity index (χ1v) is 5.76. The second-order valence-electron chi connectivity index (χ2n) is 4.55. The molecule has 1 aromatic heterocycles. The van der Waals surface area contributed by atoms with Crippen LogP contribution in [0.2, 0.25) is 0 Å². The lowest BCUT2D eigenvalue weighted by atomic mass is 9.82. The van der Waals surface area contributed by atoms with E-state index in [-0.39, 0.29) is 0 Å². The SMILES string of the molecule is N#Cc1ccc(CC2(F)CCCCC2)cn1. The fourth-order valence-corrected chi connectivity index (χ4v) is 2.32. The van der Waals surface area contributed by atoms with Crippen LogP contribution in [0.15, 0.2) is 18.3 Å². The molecule has 0 unspecified atom stereocenters. The zero-order valence-corrected chi connectivity index (χ0v) is 9.25. The summed E-state index contributed by atoms with van der Waals surface area (Å²) in [5.74, 6) is 0. The molecule has 3 heteroatoms. The van der Waals surface area contributed by atoms with E-state index >= 15 is 0 Å². The summed E-state index contributed by atoms with van der Waals surface area (Å²) in [7, 11) is 0. The van der Waals surface area contributed by atoms with Gasteiger partial charge in [0, 0.05) is 12.6 Å². The van der Waals surface area contributed by atoms with Crippen molar-refractivity contribution in [1.82, 2.24) is 4.98 Å². The van der Waals surface area contributed by atoms with Crippen molar-refractivity contribution < 1.29 is 4.39 Å². The number of halogens is 1. The van der Waals surface area contributed by atoms with Crippen LogP contribution in [-0.2, 0) is 6.42 Å². The van der Waals surface area contributed by atoms with Gasteiger partial charge < -0.3 is 0 Å². The van der Waals surface area contributed by atoms with Gasteiger partial charge in [0.05, 0.1) is 0 Å². The summed E-state index contributed by atoms with van der Waals surface area (Å²) in [6.07, 6.45) is 6.50. The second-order valence-corrected chi connectivity index (χ2v) is 4.55. The van der Waals surface area contributed by atoms with E-state index in [2.05, 4.69) is 4.98 Å². The predicted octanol–water partition coefficient (Wildman–Crippen LogP) is 3.17. The molecule has 1 aliphatic carbocycles. The van der Waals surface area contributed by atoms with Crippen LogP contribution in [0.1, 0.15) is 43.4 Å². The molecule has 0 atom stereocenters. The molecule has 84 valence electrons. The van der Waals surface area contributed by atoms with E-state index in [0.717, 1.165) is 24.8 Å². The lowest BCUT2D eigenvalue weighted by molar-refractivity contribution is 0.107. The van der Waals surface area contributed by atoms with Crippen LogP contribution < -0.4 is 0 Å². The standard InChI is InChI=1S/C13H15FN2/c14-13(6-2-1-3-7-13)8-11-4-5-12(9-15)16-10-11/h4-5,10H,1-3,6-8H2. The van der Waals surface area contributed by atoms with E-state index in [1.54, 1.807) is 12.3 Å². The number of alkyl halides is 1. The number of hydrogen-bond acceptors (Lipinski definition) is 2. The Hall–Kier alpha value is -1.43. The minimum Gasteiger partial charge on any atom is -0.245 e. The van der Waals surface area contributed by atoms with Crippen LogP contribution in [0.25, 0.3) is 0 Å². The topological polar surface area (TPSA) is 36.7 Å². The lowest BCUT2D eigenvalue weighted by Gasteiger charge is -2.29. The number of pyridine rings is 1. The van der Waals surface area contributed by atoms with E-state index in [0.29, 0.717) is 25.0 Å². The van der Waals surface area contributed by atoms with Crippen molar-refractivity contribution in [3.05, 3.63) is 29.6 Å². The van der Waals surface area contributed by atoms with Crippen LogP contribution in [0.4, 0.5) is 4.39 Å². The number of nitriles is 1. The second kappa shape index (κ2) is 4.61. The van der Waals surface area contributed by atoms with Crippen molar-refractivity contribution in [1.29, 1.82) is 5.26 Å². The molecule has 2 nitrogen and oxygen atoms in total. The minimum absolute atomic E-state index is 0.389. The van der Waals surface area contributed by atoms with Crippen molar-refractivity contribution >= 4 is 0 Å². The molecule has 1 saturated carbocycles. The molecule has 0 bridgehead atoms. The molecule has 0 spiro atoms. The number of rotatable bonds is 2. The highest BCUT2D eigenvalue weighted by molar-refractivity contribution is 5.24. The molecule has 0 aromatic carbocycles. The summed E-state index contributed by atoms with van der Waals surface area (Å²) in [6.45, 7) is 0. The van der Waals surface area contributed by atoms with Gasteiger partial charge in [0.25, 0.3) is 0 Å². The van der Waals surface area contributed by atoms with E-state index < -0.39 is 5.67 Å². The number of nitrogens with zero attached hydrogens (tertiary/aromatic N) is 2. The van der Waals surface area contributed by atoms with Gasteiger partial charge in [0.2, 0.25) is 0 Å². The Morgan fingerprint density at radius 2 is 2.06 bits per heavy atom. The van der Waals surface area contributed by atoms with Crippen molar-refractivity contribution in [2.24, 2.45) is 0 Å². The predicted molar refractivity (Wildman–Crippen MR) is 59.6 cm³/mol. The van der Waals surface area contributed by atoms with Gasteiger partial charge in [0.1, 0.15) is 17.4 Å². The third-order valence-electron chi connectivity index (χ3n) is 3.21. The van der Waals surface area contributed by atoms with Crippen LogP contribution in [0.3, 0.4) is 0 Å². The largest absolute Gasteiger partial charge is 0.245 e. The first kappa shape index (κ1) is 11.1. The molecule has 16 heavy (non-hydrogen) atoms. The zero-order chi connectivity index (χ0) is 11.4. The number of aromatic nitrogens is 1. The van der Waals surface area contributed by atoms with Gasteiger partial charge in [0.15, 0.2) is 0 Å². The van der Waals surface area contributed by atoms with E-state index in [4.69, 9.17) is 5.26 Å². The summed E-state index contributed by atoms with van der Waals surface area (Å²) in [5, 5.41) is 8.61. The quantitative estimate of drug-likeness (QED) is 0.764. The maximum Gasteiger partial charge on any atom is 0.140 e. The highest BCUT2D eigenvalue weighted by Crippen LogP contribution is 2.34. The highest BCUT2D eigenvalue weighted by atomic mass is 19.1. The number of hydrogen-bond donors (Lipinski definition) is 0. The van der Waals surface area contributed by atoms with Crippen LogP contribution in [0, 0.1) is 11.3 Å². The van der Waals surface area contributed by atoms with Gasteiger partial charge in [-0.05, 0) is 24.5 Å². The third kappa shape index (κ3) is 2.57. The minimum atomic E-state index is -1.05. The highest BCUT2D eigenvalue weighted by Gasteiger charge is 2.31. The first-order chi connectivity index (χ1) is 7.72. The summed E-state index contributed by atoms with van der Waals surface area (Å²) < 4.78 is 14.3. The Bertz CT molecular complexity index is 385. The zero-order valence-electron chi connectivity index (χ0n) is 9.25. The van der Waals surface area contributed by atoms with Crippen LogP contribution >= 0.6 is 0 Å². The lowest BCUT2D eigenvalue weighted by Crippen LogP contribution is -2.28. The van der Waals surface area contributed by atoms with Crippen molar-refractivity contribution in [2.45, 2.75) is 44.2 Å². The van der Waals surface area contributed by atoms with E-state index in [1.807, 2.05) is 12.1 Å². The molecule has 0 radical (unpaired) electrons. The normalized spacial score (nSPS) is 19.0. The fourth-order valence-electron chi connectivity index (χ4n) is 2.32. The van der Waals surface area contributed by atoms with Gasteiger partial charge in [-0.25, -0.2) is 9.37 Å². The van der Waals surface area contributed by atoms with Gasteiger partial charge in [-0.3, -0.25) is 0 Å². The van der Waals surface area contributed by atoms with Crippen molar-refractivity contribution in [3.63, 3.8) is 0 Å². The average Bonchev–Trinajstić information content (AvgIpc) is 2.30. The fraction of sp³-hybridized carbons (Fsp3) is 0.538. The molecule has 2 rings (SSSR count). The molecular weight excluding hydrogens is 203 g/mol. The smallest absolute Gasteiger partial charge is 0.140 e. The first-order valence-electron chi connectivity index (χ1n) is 5.76. The molecule has 0 N–H and O–H groups in total. The Balaban J connectivity index is 2.05. The molecular formula is C13H15FN2. The Kier molecular flexibility index (Phi) is 3.19. The summed E-state index contributed by atoms with van der Waals surface area (Å²) in [6, 6.07) is 5.42. The van der Waals surface area contributed by atoms with Crippen molar-refractivity contribution in [3.8, 4) is 6.07 Å². The Labute approximate surface area is 95.1 Å². The van der Waals surface area contributed by atoms with Gasteiger partial charge in [-0.15, -0.1) is 0 Å². The molecule has 1 heterocycles. The molecule has 0 aliphatic heterocycles. The van der Waals surface area contributed by atoms with Gasteiger partial charge in [-0.2, -0.15) is 5.26 Å². The molecule has 1 aliphatic rings. The van der Waals surface area contributed by atoms with E-state index in [1.165, 1.54) is 0 Å². The Morgan fingerprint density at radius 1 is 1.31 bits per heavy atom. The molecule has 0 amide bonds. The van der Waals surface area contributed by atoms with Crippen LogP contribution in [0.5, 0.6) is 0 Å². The monoisotopic (exact) mass is 218 g/mol. The summed E-state index contributed by atoms with van der Waals surface area (Å²) in [4.78, 5) is 3.97. The van der Waals surface area contributed by atoms with Gasteiger partial charge in [-0.1, -0.05) is 25.3 Å². The maximum atomic E-state index is 14.3.